The van der Waals surface area contributed by atoms with Gasteiger partial charge in [0.25, 0.3) is 0 Å². The Labute approximate surface area is 203 Å². The molecule has 1 fully saturated rings. The number of nitrogens with one attached hydrogen (secondary N) is 2. The summed E-state index contributed by atoms with van der Waals surface area (Å²) in [5.41, 5.74) is 2.56. The lowest BCUT2D eigenvalue weighted by Crippen LogP contribution is -2.38. The summed E-state index contributed by atoms with van der Waals surface area (Å²) in [4.78, 5) is 7.19. The second-order valence-corrected chi connectivity index (χ2v) is 7.35. The van der Waals surface area contributed by atoms with Crippen molar-refractivity contribution in [2.75, 3.05) is 46.0 Å². The minimum absolute atomic E-state index is 0. The Bertz CT molecular complexity index is 767. The van der Waals surface area contributed by atoms with Crippen molar-refractivity contribution < 1.29 is 9.47 Å². The van der Waals surface area contributed by atoms with Gasteiger partial charge < -0.3 is 20.1 Å². The zero-order valence-electron chi connectivity index (χ0n) is 18.4. The third-order valence-corrected chi connectivity index (χ3v) is 4.89. The number of para-hydroxylation sites is 1. The molecule has 0 saturated carbocycles. The minimum Gasteiger partial charge on any atom is -0.494 e. The summed E-state index contributed by atoms with van der Waals surface area (Å²) in [6.07, 6.45) is 0.911. The van der Waals surface area contributed by atoms with E-state index in [1.807, 2.05) is 30.3 Å². The molecule has 7 heteroatoms. The number of hydrogen-bond acceptors (Lipinski definition) is 4. The SMILES string of the molecule is CCNC(=NCc1cccc(CN2CCOCC2)c1)NCCCOc1ccccc1.I. The van der Waals surface area contributed by atoms with Gasteiger partial charge in [0.05, 0.1) is 26.4 Å². The zero-order valence-corrected chi connectivity index (χ0v) is 20.7. The highest BCUT2D eigenvalue weighted by molar-refractivity contribution is 14.0. The number of benzene rings is 2. The van der Waals surface area contributed by atoms with Gasteiger partial charge in [0, 0.05) is 32.7 Å². The average molecular weight is 538 g/mol. The summed E-state index contributed by atoms with van der Waals surface area (Å²) < 4.78 is 11.2. The van der Waals surface area contributed by atoms with E-state index in [9.17, 15) is 0 Å². The molecular weight excluding hydrogens is 503 g/mol. The lowest BCUT2D eigenvalue weighted by atomic mass is 10.1. The second-order valence-electron chi connectivity index (χ2n) is 7.35. The molecule has 6 nitrogen and oxygen atoms in total. The Balaban J connectivity index is 0.00000341. The summed E-state index contributed by atoms with van der Waals surface area (Å²) >= 11 is 0. The van der Waals surface area contributed by atoms with E-state index in [2.05, 4.69) is 46.7 Å². The predicted molar refractivity (Wildman–Crippen MR) is 137 cm³/mol. The first-order valence-electron chi connectivity index (χ1n) is 10.9. The van der Waals surface area contributed by atoms with Crippen LogP contribution in [0.3, 0.4) is 0 Å². The Morgan fingerprint density at radius 3 is 2.58 bits per heavy atom. The molecule has 3 rings (SSSR count). The van der Waals surface area contributed by atoms with Gasteiger partial charge in [-0.05, 0) is 36.6 Å². The van der Waals surface area contributed by atoms with Crippen molar-refractivity contribution in [3.63, 3.8) is 0 Å². The Hall–Kier alpha value is -1.84. The van der Waals surface area contributed by atoms with Crippen molar-refractivity contribution in [3.05, 3.63) is 65.7 Å². The molecule has 0 aliphatic carbocycles. The molecule has 2 N–H and O–H groups in total. The number of halogens is 1. The molecule has 0 spiro atoms. The topological polar surface area (TPSA) is 58.1 Å². The van der Waals surface area contributed by atoms with Gasteiger partial charge in [-0.25, -0.2) is 4.99 Å². The van der Waals surface area contributed by atoms with Crippen LogP contribution in [0.4, 0.5) is 0 Å². The second kappa shape index (κ2) is 15.0. The van der Waals surface area contributed by atoms with E-state index in [0.29, 0.717) is 13.2 Å². The van der Waals surface area contributed by atoms with Gasteiger partial charge in [-0.15, -0.1) is 24.0 Å². The maximum atomic E-state index is 5.74. The number of ether oxygens (including phenoxy) is 2. The molecule has 0 atom stereocenters. The van der Waals surface area contributed by atoms with Gasteiger partial charge in [0.15, 0.2) is 5.96 Å². The number of aliphatic imine (C=N–C) groups is 1. The third kappa shape index (κ3) is 9.88. The van der Waals surface area contributed by atoms with E-state index in [4.69, 9.17) is 14.5 Å². The van der Waals surface area contributed by atoms with E-state index >= 15 is 0 Å². The standard InChI is InChI=1S/C24H34N4O2.HI/c1-2-25-24(26-12-7-15-30-23-10-4-3-5-11-23)27-19-21-8-6-9-22(18-21)20-28-13-16-29-17-14-28;/h3-6,8-11,18H,2,7,12-17,19-20H2,1H3,(H2,25,26,27);1H. The van der Waals surface area contributed by atoms with Crippen molar-refractivity contribution in [1.82, 2.24) is 15.5 Å². The monoisotopic (exact) mass is 538 g/mol. The van der Waals surface area contributed by atoms with Crippen LogP contribution < -0.4 is 15.4 Å². The van der Waals surface area contributed by atoms with Gasteiger partial charge in [0.1, 0.15) is 5.75 Å². The van der Waals surface area contributed by atoms with Gasteiger partial charge in [0.2, 0.25) is 0 Å². The van der Waals surface area contributed by atoms with E-state index in [0.717, 1.165) is 64.1 Å². The minimum atomic E-state index is 0. The molecule has 2 aromatic carbocycles. The van der Waals surface area contributed by atoms with Gasteiger partial charge >= 0.3 is 0 Å². The highest BCUT2D eigenvalue weighted by Gasteiger charge is 2.10. The largest absolute Gasteiger partial charge is 0.494 e. The van der Waals surface area contributed by atoms with E-state index in [-0.39, 0.29) is 24.0 Å². The van der Waals surface area contributed by atoms with Crippen LogP contribution in [0.15, 0.2) is 59.6 Å². The first-order chi connectivity index (χ1) is 14.8. The zero-order chi connectivity index (χ0) is 20.9. The molecule has 0 unspecified atom stereocenters. The molecule has 31 heavy (non-hydrogen) atoms. The quantitative estimate of drug-likeness (QED) is 0.209. The normalized spacial score (nSPS) is 14.5. The van der Waals surface area contributed by atoms with Crippen LogP contribution in [-0.2, 0) is 17.8 Å². The van der Waals surface area contributed by atoms with Crippen molar-refractivity contribution >= 4 is 29.9 Å². The predicted octanol–water partition coefficient (Wildman–Crippen LogP) is 3.66. The number of hydrogen-bond donors (Lipinski definition) is 2. The number of guanidine groups is 1. The summed E-state index contributed by atoms with van der Waals surface area (Å²) in [6, 6.07) is 18.6. The molecule has 0 radical (unpaired) electrons. The maximum absolute atomic E-state index is 5.74. The Morgan fingerprint density at radius 1 is 1.03 bits per heavy atom. The van der Waals surface area contributed by atoms with Gasteiger partial charge in [-0.3, -0.25) is 4.90 Å². The third-order valence-electron chi connectivity index (χ3n) is 4.89. The Kier molecular flexibility index (Phi) is 12.3. The first-order valence-corrected chi connectivity index (χ1v) is 10.9. The molecular formula is C24H35IN4O2. The van der Waals surface area contributed by atoms with Crippen molar-refractivity contribution in [2.45, 2.75) is 26.4 Å². The lowest BCUT2D eigenvalue weighted by Gasteiger charge is -2.26. The summed E-state index contributed by atoms with van der Waals surface area (Å²) in [5, 5.41) is 6.71. The molecule has 1 heterocycles. The molecule has 0 bridgehead atoms. The molecule has 2 aromatic rings. The van der Waals surface area contributed by atoms with E-state index in [1.54, 1.807) is 0 Å². The highest BCUT2D eigenvalue weighted by atomic mass is 127. The fourth-order valence-electron chi connectivity index (χ4n) is 3.34. The number of nitrogens with zero attached hydrogens (tertiary/aromatic N) is 2. The van der Waals surface area contributed by atoms with Crippen LogP contribution in [0, 0.1) is 0 Å². The number of morpholine rings is 1. The molecule has 1 saturated heterocycles. The smallest absolute Gasteiger partial charge is 0.191 e. The van der Waals surface area contributed by atoms with E-state index < -0.39 is 0 Å². The Morgan fingerprint density at radius 2 is 1.81 bits per heavy atom. The molecule has 1 aliphatic heterocycles. The summed E-state index contributed by atoms with van der Waals surface area (Å²) in [5.74, 6) is 1.76. The maximum Gasteiger partial charge on any atom is 0.191 e. The van der Waals surface area contributed by atoms with Crippen LogP contribution >= 0.6 is 24.0 Å². The van der Waals surface area contributed by atoms with Crippen molar-refractivity contribution in [1.29, 1.82) is 0 Å². The first kappa shape index (κ1) is 25.4. The van der Waals surface area contributed by atoms with Gasteiger partial charge in [-0.1, -0.05) is 42.5 Å². The van der Waals surface area contributed by atoms with Gasteiger partial charge in [-0.2, -0.15) is 0 Å². The van der Waals surface area contributed by atoms with Crippen LogP contribution in [-0.4, -0.2) is 56.9 Å². The molecule has 0 amide bonds. The fourth-order valence-corrected chi connectivity index (χ4v) is 3.34. The highest BCUT2D eigenvalue weighted by Crippen LogP contribution is 2.11. The molecule has 170 valence electrons. The van der Waals surface area contributed by atoms with Crippen LogP contribution in [0.2, 0.25) is 0 Å². The lowest BCUT2D eigenvalue weighted by molar-refractivity contribution is 0.0342. The van der Waals surface area contributed by atoms with Crippen molar-refractivity contribution in [2.24, 2.45) is 4.99 Å². The molecule has 0 aromatic heterocycles. The summed E-state index contributed by atoms with van der Waals surface area (Å²) in [7, 11) is 0. The average Bonchev–Trinajstić information content (AvgIpc) is 2.79. The summed E-state index contributed by atoms with van der Waals surface area (Å²) in [6.45, 7) is 9.72. The number of rotatable bonds is 10. The van der Waals surface area contributed by atoms with Crippen LogP contribution in [0.1, 0.15) is 24.5 Å². The fraction of sp³-hybridized carbons (Fsp3) is 0.458. The van der Waals surface area contributed by atoms with Crippen LogP contribution in [0.5, 0.6) is 5.75 Å². The molecule has 1 aliphatic rings. The van der Waals surface area contributed by atoms with E-state index in [1.165, 1.54) is 11.1 Å². The van der Waals surface area contributed by atoms with Crippen molar-refractivity contribution in [3.8, 4) is 5.75 Å². The van der Waals surface area contributed by atoms with Crippen LogP contribution in [0.25, 0.3) is 0 Å².